The van der Waals surface area contributed by atoms with Crippen molar-refractivity contribution in [1.82, 2.24) is 24.9 Å². The van der Waals surface area contributed by atoms with E-state index in [1.54, 1.807) is 0 Å². The second kappa shape index (κ2) is 3.94. The highest BCUT2D eigenvalue weighted by Crippen LogP contribution is 2.32. The molecule has 1 aromatic rings. The molecule has 2 aliphatic heterocycles. The van der Waals surface area contributed by atoms with Gasteiger partial charge in [-0.05, 0) is 13.8 Å². The van der Waals surface area contributed by atoms with Crippen molar-refractivity contribution in [3.63, 3.8) is 0 Å². The van der Waals surface area contributed by atoms with E-state index >= 15 is 0 Å². The van der Waals surface area contributed by atoms with Crippen molar-refractivity contribution in [3.05, 3.63) is 17.2 Å². The van der Waals surface area contributed by atoms with Gasteiger partial charge < -0.3 is 9.88 Å². The summed E-state index contributed by atoms with van der Waals surface area (Å²) in [5.74, 6) is 1.03. The maximum absolute atomic E-state index is 4.79. The highest BCUT2D eigenvalue weighted by molar-refractivity contribution is 5.23. The van der Waals surface area contributed by atoms with Crippen LogP contribution in [0.4, 0.5) is 0 Å². The van der Waals surface area contributed by atoms with Crippen molar-refractivity contribution in [2.24, 2.45) is 10.4 Å². The molecule has 98 valence electrons. The second-order valence-corrected chi connectivity index (χ2v) is 5.13. The van der Waals surface area contributed by atoms with E-state index in [9.17, 15) is 0 Å². The minimum Gasteiger partial charge on any atom is -0.325 e. The predicted molar refractivity (Wildman–Crippen MR) is 66.3 cm³/mol. The molecule has 1 aromatic heterocycles. The van der Waals surface area contributed by atoms with E-state index in [0.29, 0.717) is 6.04 Å². The van der Waals surface area contributed by atoms with Crippen LogP contribution in [0.5, 0.6) is 0 Å². The SMILES string of the molecule is CC(C)n1c(C2N(C)N=NN2C)nc2c1CNC2. The maximum Gasteiger partial charge on any atom is 0.194 e. The van der Waals surface area contributed by atoms with Gasteiger partial charge in [-0.3, -0.25) is 0 Å². The first-order valence-corrected chi connectivity index (χ1v) is 6.27. The first kappa shape index (κ1) is 11.5. The number of hydrogen-bond donors (Lipinski definition) is 1. The van der Waals surface area contributed by atoms with Crippen LogP contribution in [-0.4, -0.2) is 33.7 Å². The predicted octanol–water partition coefficient (Wildman–Crippen LogP) is 1.23. The van der Waals surface area contributed by atoms with Gasteiger partial charge in [0.15, 0.2) is 12.0 Å². The molecule has 0 saturated heterocycles. The molecule has 3 heterocycles. The molecule has 18 heavy (non-hydrogen) atoms. The lowest BCUT2D eigenvalue weighted by molar-refractivity contribution is 0.142. The zero-order chi connectivity index (χ0) is 12.9. The van der Waals surface area contributed by atoms with E-state index in [2.05, 4.69) is 34.2 Å². The number of imidazole rings is 1. The van der Waals surface area contributed by atoms with E-state index in [1.165, 1.54) is 5.69 Å². The molecule has 0 amide bonds. The Balaban J connectivity index is 2.07. The number of nitrogens with one attached hydrogen (secondary N) is 1. The van der Waals surface area contributed by atoms with Gasteiger partial charge in [-0.15, -0.1) is 0 Å². The van der Waals surface area contributed by atoms with Crippen LogP contribution < -0.4 is 5.32 Å². The summed E-state index contributed by atoms with van der Waals surface area (Å²) in [6.07, 6.45) is -0.00185. The van der Waals surface area contributed by atoms with Gasteiger partial charge in [0.2, 0.25) is 0 Å². The van der Waals surface area contributed by atoms with Crippen LogP contribution in [-0.2, 0) is 13.1 Å². The Kier molecular flexibility index (Phi) is 2.51. The maximum atomic E-state index is 4.79. The summed E-state index contributed by atoms with van der Waals surface area (Å²) in [7, 11) is 3.86. The van der Waals surface area contributed by atoms with Gasteiger partial charge in [0.05, 0.1) is 11.4 Å². The van der Waals surface area contributed by atoms with E-state index in [-0.39, 0.29) is 6.17 Å². The Hall–Kier alpha value is -1.63. The highest BCUT2D eigenvalue weighted by Gasteiger charge is 2.34. The fourth-order valence-corrected chi connectivity index (χ4v) is 2.72. The quantitative estimate of drug-likeness (QED) is 0.856. The zero-order valence-electron chi connectivity index (χ0n) is 11.3. The van der Waals surface area contributed by atoms with Crippen LogP contribution in [0.1, 0.15) is 43.3 Å². The molecule has 1 N–H and O–H groups in total. The smallest absolute Gasteiger partial charge is 0.194 e. The third-order valence-corrected chi connectivity index (χ3v) is 3.48. The fraction of sp³-hybridized carbons (Fsp3) is 0.727. The monoisotopic (exact) mass is 249 g/mol. The van der Waals surface area contributed by atoms with Crippen molar-refractivity contribution >= 4 is 0 Å². The van der Waals surface area contributed by atoms with Crippen LogP contribution >= 0.6 is 0 Å². The minimum atomic E-state index is -0.00185. The molecule has 7 nitrogen and oxygen atoms in total. The zero-order valence-corrected chi connectivity index (χ0v) is 11.3. The Morgan fingerprint density at radius 2 is 1.83 bits per heavy atom. The Morgan fingerprint density at radius 1 is 1.17 bits per heavy atom. The van der Waals surface area contributed by atoms with Crippen molar-refractivity contribution in [3.8, 4) is 0 Å². The van der Waals surface area contributed by atoms with E-state index in [4.69, 9.17) is 4.98 Å². The lowest BCUT2D eigenvalue weighted by atomic mass is 10.3. The van der Waals surface area contributed by atoms with Crippen LogP contribution in [0, 0.1) is 0 Å². The van der Waals surface area contributed by atoms with Gasteiger partial charge in [-0.25, -0.2) is 15.0 Å². The molecule has 0 saturated carbocycles. The van der Waals surface area contributed by atoms with Gasteiger partial charge in [-0.2, -0.15) is 0 Å². The molecule has 0 aromatic carbocycles. The van der Waals surface area contributed by atoms with Crippen molar-refractivity contribution in [2.45, 2.75) is 39.1 Å². The van der Waals surface area contributed by atoms with E-state index in [1.807, 2.05) is 24.1 Å². The number of aromatic nitrogens is 2. The molecule has 0 atom stereocenters. The van der Waals surface area contributed by atoms with Crippen molar-refractivity contribution in [2.75, 3.05) is 14.1 Å². The van der Waals surface area contributed by atoms with Crippen LogP contribution in [0.25, 0.3) is 0 Å². The summed E-state index contributed by atoms with van der Waals surface area (Å²) >= 11 is 0. The van der Waals surface area contributed by atoms with Gasteiger partial charge in [0.1, 0.15) is 0 Å². The Bertz CT molecular complexity index is 478. The summed E-state index contributed by atoms with van der Waals surface area (Å²) in [6, 6.07) is 0.388. The molecule has 3 rings (SSSR count). The largest absolute Gasteiger partial charge is 0.325 e. The number of fused-ring (bicyclic) bond motifs is 1. The molecule has 0 radical (unpaired) electrons. The summed E-state index contributed by atoms with van der Waals surface area (Å²) in [5, 5.41) is 15.2. The van der Waals surface area contributed by atoms with Crippen LogP contribution in [0.2, 0.25) is 0 Å². The summed E-state index contributed by atoms with van der Waals surface area (Å²) < 4.78 is 2.31. The van der Waals surface area contributed by atoms with Gasteiger partial charge in [0, 0.05) is 33.2 Å². The average Bonchev–Trinajstić information content (AvgIpc) is 2.92. The first-order chi connectivity index (χ1) is 8.59. The fourth-order valence-electron chi connectivity index (χ4n) is 2.72. The van der Waals surface area contributed by atoms with Crippen LogP contribution in [0.15, 0.2) is 10.4 Å². The number of hydrogen-bond acceptors (Lipinski definition) is 6. The lowest BCUT2D eigenvalue weighted by Gasteiger charge is -2.25. The van der Waals surface area contributed by atoms with Gasteiger partial charge in [0.25, 0.3) is 0 Å². The van der Waals surface area contributed by atoms with Crippen molar-refractivity contribution in [1.29, 1.82) is 0 Å². The topological polar surface area (TPSA) is 61.1 Å². The summed E-state index contributed by atoms with van der Waals surface area (Å²) in [4.78, 5) is 4.79. The van der Waals surface area contributed by atoms with E-state index in [0.717, 1.165) is 24.6 Å². The molecule has 0 spiro atoms. The molecular formula is C11H19N7. The van der Waals surface area contributed by atoms with Gasteiger partial charge in [-0.1, -0.05) is 10.4 Å². The molecular weight excluding hydrogens is 230 g/mol. The average molecular weight is 249 g/mol. The molecule has 0 unspecified atom stereocenters. The van der Waals surface area contributed by atoms with Crippen LogP contribution in [0.3, 0.4) is 0 Å². The number of rotatable bonds is 2. The van der Waals surface area contributed by atoms with Crippen molar-refractivity contribution < 1.29 is 0 Å². The van der Waals surface area contributed by atoms with Gasteiger partial charge >= 0.3 is 0 Å². The molecule has 0 aliphatic carbocycles. The molecule has 2 aliphatic rings. The Labute approximate surface area is 106 Å². The standard InChI is InChI=1S/C11H19N7/c1-7(2)18-9-6-12-5-8(9)13-10(18)11-16(3)14-15-17(11)4/h7,11-12H,5-6H2,1-4H3. The highest BCUT2D eigenvalue weighted by atomic mass is 15.8. The normalized spacial score (nSPS) is 19.4. The number of nitrogens with zero attached hydrogens (tertiary/aromatic N) is 6. The van der Waals surface area contributed by atoms with E-state index < -0.39 is 0 Å². The molecule has 0 bridgehead atoms. The Morgan fingerprint density at radius 3 is 2.44 bits per heavy atom. The molecule has 7 heteroatoms. The lowest BCUT2D eigenvalue weighted by Crippen LogP contribution is -2.29. The minimum absolute atomic E-state index is 0.00185. The first-order valence-electron chi connectivity index (χ1n) is 6.27. The summed E-state index contributed by atoms with van der Waals surface area (Å²) in [5.41, 5.74) is 2.46. The summed E-state index contributed by atoms with van der Waals surface area (Å²) in [6.45, 7) is 6.13. The third-order valence-electron chi connectivity index (χ3n) is 3.48. The third kappa shape index (κ3) is 1.50. The molecule has 0 fully saturated rings. The second-order valence-electron chi connectivity index (χ2n) is 5.13.